The van der Waals surface area contributed by atoms with Gasteiger partial charge >= 0.3 is 0 Å². The number of hydrogen-bond acceptors (Lipinski definition) is 6. The van der Waals surface area contributed by atoms with Crippen LogP contribution in [0.1, 0.15) is 56.7 Å². The van der Waals surface area contributed by atoms with Crippen LogP contribution in [0.25, 0.3) is 6.08 Å². The first-order valence-corrected chi connectivity index (χ1v) is 10.6. The second kappa shape index (κ2) is 8.88. The van der Waals surface area contributed by atoms with Gasteiger partial charge < -0.3 is 4.90 Å². The maximum absolute atomic E-state index is 12.3. The summed E-state index contributed by atoms with van der Waals surface area (Å²) in [7, 11) is 0. The standard InChI is InChI=1S/C24H28N4O2/c1-3-18-12-22-19(13-24(18)30)11-17(14-25-22)16-27-7-9-28(10-8-27)20-5-6-21(26-15-20)23(29)4-2/h5-6,11-12,14-15H,3-4,7-10,13,16H2,1-2H3/i16D2. The predicted octanol–water partition coefficient (Wildman–Crippen LogP) is 3.31. The van der Waals surface area contributed by atoms with Crippen molar-refractivity contribution in [3.63, 3.8) is 0 Å². The summed E-state index contributed by atoms with van der Waals surface area (Å²) < 4.78 is 17.5. The fraction of sp³-hybridized carbons (Fsp3) is 0.417. The van der Waals surface area contributed by atoms with Gasteiger partial charge in [-0.15, -0.1) is 0 Å². The Morgan fingerprint density at radius 3 is 2.60 bits per heavy atom. The third-order valence-corrected chi connectivity index (χ3v) is 5.69. The van der Waals surface area contributed by atoms with Crippen LogP contribution in [0.15, 0.2) is 36.2 Å². The molecule has 156 valence electrons. The number of fused-ring (bicyclic) bond motifs is 1. The summed E-state index contributed by atoms with van der Waals surface area (Å²) in [4.78, 5) is 36.8. The Morgan fingerprint density at radius 2 is 1.93 bits per heavy atom. The number of carbonyl (C=O) groups excluding carboxylic acids is 2. The number of nitrogens with zero attached hydrogens (tertiary/aromatic N) is 4. The predicted molar refractivity (Wildman–Crippen MR) is 118 cm³/mol. The summed E-state index contributed by atoms with van der Waals surface area (Å²) in [6, 6.07) is 5.46. The fourth-order valence-electron chi connectivity index (χ4n) is 3.86. The molecular weight excluding hydrogens is 376 g/mol. The number of carbonyl (C=O) groups is 2. The number of piperazine rings is 1. The van der Waals surface area contributed by atoms with Gasteiger partial charge in [0.15, 0.2) is 11.6 Å². The highest BCUT2D eigenvalue weighted by molar-refractivity contribution is 6.03. The molecule has 1 aliphatic heterocycles. The quantitative estimate of drug-likeness (QED) is 0.686. The summed E-state index contributed by atoms with van der Waals surface area (Å²) in [5.41, 5.74) is 4.23. The van der Waals surface area contributed by atoms with E-state index >= 15 is 0 Å². The molecule has 3 heterocycles. The van der Waals surface area contributed by atoms with E-state index in [1.54, 1.807) is 24.5 Å². The molecular formula is C24H28N4O2. The molecule has 0 spiro atoms. The first-order chi connectivity index (χ1) is 15.3. The van der Waals surface area contributed by atoms with E-state index in [4.69, 9.17) is 2.74 Å². The summed E-state index contributed by atoms with van der Waals surface area (Å²) in [6.45, 7) is 4.48. The Bertz CT molecular complexity index is 1060. The van der Waals surface area contributed by atoms with Crippen LogP contribution in [-0.4, -0.2) is 52.6 Å². The van der Waals surface area contributed by atoms with Gasteiger partial charge in [-0.3, -0.25) is 24.5 Å². The highest BCUT2D eigenvalue weighted by Crippen LogP contribution is 2.23. The first kappa shape index (κ1) is 18.0. The molecule has 2 aromatic heterocycles. The van der Waals surface area contributed by atoms with E-state index < -0.39 is 6.50 Å². The van der Waals surface area contributed by atoms with E-state index in [-0.39, 0.29) is 18.0 Å². The Balaban J connectivity index is 1.45. The third-order valence-electron chi connectivity index (χ3n) is 5.69. The highest BCUT2D eigenvalue weighted by Gasteiger charge is 2.21. The molecule has 0 bridgehead atoms. The number of allylic oxidation sites excluding steroid dienone is 1. The molecule has 1 saturated heterocycles. The van der Waals surface area contributed by atoms with E-state index in [1.165, 1.54) is 0 Å². The minimum Gasteiger partial charge on any atom is -0.368 e. The van der Waals surface area contributed by atoms with Crippen LogP contribution >= 0.6 is 0 Å². The largest absolute Gasteiger partial charge is 0.368 e. The monoisotopic (exact) mass is 406 g/mol. The van der Waals surface area contributed by atoms with E-state index in [0.717, 1.165) is 22.5 Å². The van der Waals surface area contributed by atoms with Gasteiger partial charge in [0.05, 0.1) is 17.6 Å². The molecule has 1 fully saturated rings. The molecule has 2 aromatic rings. The molecule has 0 unspecified atom stereocenters. The molecule has 4 rings (SSSR count). The van der Waals surface area contributed by atoms with Crippen LogP contribution in [0.4, 0.5) is 5.69 Å². The number of Topliss-reactive ketones (excluding diaryl/α,β-unsaturated/α-hetero) is 2. The van der Waals surface area contributed by atoms with Crippen LogP contribution in [0.3, 0.4) is 0 Å². The van der Waals surface area contributed by atoms with Crippen molar-refractivity contribution in [2.45, 2.75) is 39.6 Å². The zero-order valence-corrected chi connectivity index (χ0v) is 17.5. The van der Waals surface area contributed by atoms with Gasteiger partial charge in [0.1, 0.15) is 5.69 Å². The average Bonchev–Trinajstić information content (AvgIpc) is 2.82. The number of pyridine rings is 2. The molecule has 0 radical (unpaired) electrons. The number of anilines is 1. The summed E-state index contributed by atoms with van der Waals surface area (Å²) in [5.74, 6) is 0.115. The van der Waals surface area contributed by atoms with Crippen molar-refractivity contribution < 1.29 is 12.3 Å². The van der Waals surface area contributed by atoms with Gasteiger partial charge in [-0.25, -0.2) is 0 Å². The molecule has 6 nitrogen and oxygen atoms in total. The molecule has 0 atom stereocenters. The normalized spacial score (nSPS) is 18.4. The van der Waals surface area contributed by atoms with Gasteiger partial charge in [0.2, 0.25) is 0 Å². The number of rotatable bonds is 6. The van der Waals surface area contributed by atoms with Crippen molar-refractivity contribution in [2.24, 2.45) is 0 Å². The Hall–Kier alpha value is -2.86. The molecule has 30 heavy (non-hydrogen) atoms. The van der Waals surface area contributed by atoms with Crippen LogP contribution in [0.5, 0.6) is 0 Å². The van der Waals surface area contributed by atoms with Crippen molar-refractivity contribution in [2.75, 3.05) is 31.1 Å². The maximum Gasteiger partial charge on any atom is 0.180 e. The van der Waals surface area contributed by atoms with E-state index in [0.29, 0.717) is 50.3 Å². The van der Waals surface area contributed by atoms with Crippen LogP contribution in [0.2, 0.25) is 0 Å². The average molecular weight is 407 g/mol. The van der Waals surface area contributed by atoms with Crippen LogP contribution < -0.4 is 4.90 Å². The van der Waals surface area contributed by atoms with Crippen molar-refractivity contribution in [1.29, 1.82) is 0 Å². The molecule has 2 aliphatic rings. The fourth-order valence-corrected chi connectivity index (χ4v) is 3.86. The molecule has 0 amide bonds. The maximum atomic E-state index is 12.3. The Morgan fingerprint density at radius 1 is 1.13 bits per heavy atom. The lowest BCUT2D eigenvalue weighted by Crippen LogP contribution is -2.46. The van der Waals surface area contributed by atoms with Crippen LogP contribution in [-0.2, 0) is 17.7 Å². The Labute approximate surface area is 180 Å². The van der Waals surface area contributed by atoms with E-state index in [9.17, 15) is 9.59 Å². The topological polar surface area (TPSA) is 66.4 Å². The molecule has 0 saturated carbocycles. The van der Waals surface area contributed by atoms with Crippen molar-refractivity contribution in [1.82, 2.24) is 14.9 Å². The Kier molecular flexibility index (Phi) is 5.31. The smallest absolute Gasteiger partial charge is 0.180 e. The van der Waals surface area contributed by atoms with Crippen molar-refractivity contribution in [3.05, 3.63) is 58.7 Å². The lowest BCUT2D eigenvalue weighted by molar-refractivity contribution is -0.115. The minimum absolute atomic E-state index is 0.0244. The number of ketones is 2. The van der Waals surface area contributed by atoms with E-state index in [2.05, 4.69) is 14.9 Å². The van der Waals surface area contributed by atoms with Crippen molar-refractivity contribution in [3.8, 4) is 0 Å². The first-order valence-electron chi connectivity index (χ1n) is 11.6. The van der Waals surface area contributed by atoms with Gasteiger partial charge in [0, 0.05) is 54.5 Å². The zero-order valence-electron chi connectivity index (χ0n) is 19.5. The molecule has 0 aromatic carbocycles. The highest BCUT2D eigenvalue weighted by atomic mass is 16.1. The second-order valence-corrected chi connectivity index (χ2v) is 7.66. The summed E-state index contributed by atoms with van der Waals surface area (Å²) in [6.07, 6.45) is 6.53. The second-order valence-electron chi connectivity index (χ2n) is 7.66. The summed E-state index contributed by atoms with van der Waals surface area (Å²) in [5, 5.41) is 0. The molecule has 0 N–H and O–H groups in total. The van der Waals surface area contributed by atoms with Crippen LogP contribution in [0, 0.1) is 0 Å². The number of hydrogen-bond donors (Lipinski definition) is 0. The number of aromatic nitrogens is 2. The molecule has 6 heteroatoms. The van der Waals surface area contributed by atoms with Gasteiger partial charge in [-0.1, -0.05) is 19.9 Å². The van der Waals surface area contributed by atoms with E-state index in [1.807, 2.05) is 30.9 Å². The lowest BCUT2D eigenvalue weighted by Gasteiger charge is -2.36. The third kappa shape index (κ3) is 4.33. The van der Waals surface area contributed by atoms with Gasteiger partial charge in [0.25, 0.3) is 0 Å². The SMILES string of the molecule is [2H]C([2H])(c1cnc2c(c1)CC(=O)C(CC)=C2)N1CCN(c2ccc(C(=O)CC)nc2)CC1. The zero-order chi connectivity index (χ0) is 22.9. The van der Waals surface area contributed by atoms with Gasteiger partial charge in [-0.05, 0) is 41.3 Å². The summed E-state index contributed by atoms with van der Waals surface area (Å²) >= 11 is 0. The van der Waals surface area contributed by atoms with Gasteiger partial charge in [-0.2, -0.15) is 0 Å². The van der Waals surface area contributed by atoms with Crippen molar-refractivity contribution >= 4 is 23.3 Å². The molecule has 1 aliphatic carbocycles. The lowest BCUT2D eigenvalue weighted by atomic mass is 9.92. The minimum atomic E-state index is -1.68.